The Bertz CT molecular complexity index is 317. The molecule has 18 heavy (non-hydrogen) atoms. The monoisotopic (exact) mass is 259 g/mol. The zero-order chi connectivity index (χ0) is 14.3. The first kappa shape index (κ1) is 16.4. The zero-order valence-electron chi connectivity index (χ0n) is 10.9. The number of nitrogens with one attached hydrogen (secondary N) is 2. The Morgan fingerprint density at radius 1 is 1.22 bits per heavy atom. The number of carboxylic acids is 1. The van der Waals surface area contributed by atoms with Crippen molar-refractivity contribution in [2.24, 2.45) is 11.7 Å². The van der Waals surface area contributed by atoms with Gasteiger partial charge in [0.2, 0.25) is 11.8 Å². The van der Waals surface area contributed by atoms with Crippen LogP contribution in [0.2, 0.25) is 0 Å². The van der Waals surface area contributed by atoms with Gasteiger partial charge in [0.05, 0.1) is 12.5 Å². The largest absolute Gasteiger partial charge is 0.481 e. The lowest BCUT2D eigenvalue weighted by Crippen LogP contribution is -2.51. The molecule has 0 heterocycles. The van der Waals surface area contributed by atoms with Gasteiger partial charge in [-0.3, -0.25) is 14.4 Å². The first-order valence-corrected chi connectivity index (χ1v) is 5.77. The van der Waals surface area contributed by atoms with Gasteiger partial charge >= 0.3 is 5.97 Å². The van der Waals surface area contributed by atoms with Gasteiger partial charge in [-0.1, -0.05) is 13.8 Å². The van der Waals surface area contributed by atoms with Crippen molar-refractivity contribution < 1.29 is 19.5 Å². The fraction of sp³-hybridized carbons (Fsp3) is 0.727. The van der Waals surface area contributed by atoms with Crippen LogP contribution in [0.3, 0.4) is 0 Å². The Morgan fingerprint density at radius 2 is 1.78 bits per heavy atom. The molecule has 0 rings (SSSR count). The number of nitrogens with two attached hydrogens (primary N) is 1. The van der Waals surface area contributed by atoms with Crippen LogP contribution in [0.5, 0.6) is 0 Å². The van der Waals surface area contributed by atoms with Gasteiger partial charge in [-0.2, -0.15) is 0 Å². The van der Waals surface area contributed by atoms with Gasteiger partial charge in [-0.05, 0) is 12.3 Å². The maximum atomic E-state index is 11.6. The zero-order valence-corrected chi connectivity index (χ0v) is 10.9. The average Bonchev–Trinajstić information content (AvgIpc) is 2.25. The molecule has 0 aliphatic carbocycles. The van der Waals surface area contributed by atoms with Crippen LogP contribution in [-0.2, 0) is 14.4 Å². The first-order valence-electron chi connectivity index (χ1n) is 5.77. The molecule has 0 aliphatic heterocycles. The number of rotatable bonds is 7. The minimum absolute atomic E-state index is 0.211. The van der Waals surface area contributed by atoms with Gasteiger partial charge in [0, 0.05) is 7.05 Å². The standard InChI is InChI=1S/C11H21N3O4/c1-6(2)4-8(11(18)13-3)14-10(17)7(12)5-9(15)16/h6-8H,4-5,12H2,1-3H3,(H,13,18)(H,14,17)(H,15,16). The number of carbonyl (C=O) groups excluding carboxylic acids is 2. The second-order valence-corrected chi connectivity index (χ2v) is 4.51. The molecule has 0 aromatic carbocycles. The molecule has 7 nitrogen and oxygen atoms in total. The summed E-state index contributed by atoms with van der Waals surface area (Å²) < 4.78 is 0. The van der Waals surface area contributed by atoms with Crippen LogP contribution in [0, 0.1) is 5.92 Å². The molecule has 0 fully saturated rings. The summed E-state index contributed by atoms with van der Waals surface area (Å²) in [5.74, 6) is -1.90. The molecule has 0 aromatic heterocycles. The fourth-order valence-corrected chi connectivity index (χ4v) is 1.44. The van der Waals surface area contributed by atoms with E-state index in [1.165, 1.54) is 7.05 Å². The molecule has 0 aromatic rings. The molecule has 5 N–H and O–H groups in total. The Morgan fingerprint density at radius 3 is 2.17 bits per heavy atom. The van der Waals surface area contributed by atoms with E-state index >= 15 is 0 Å². The number of likely N-dealkylation sites (N-methyl/N-ethyl adjacent to an activating group) is 1. The van der Waals surface area contributed by atoms with Gasteiger partial charge in [-0.15, -0.1) is 0 Å². The smallest absolute Gasteiger partial charge is 0.305 e. The molecule has 0 spiro atoms. The lowest BCUT2D eigenvalue weighted by atomic mass is 10.0. The number of aliphatic carboxylic acids is 1. The van der Waals surface area contributed by atoms with Gasteiger partial charge in [-0.25, -0.2) is 0 Å². The summed E-state index contributed by atoms with van der Waals surface area (Å²) in [4.78, 5) is 33.6. The van der Waals surface area contributed by atoms with Gasteiger partial charge in [0.15, 0.2) is 0 Å². The summed E-state index contributed by atoms with van der Waals surface area (Å²) >= 11 is 0. The minimum Gasteiger partial charge on any atom is -0.481 e. The summed E-state index contributed by atoms with van der Waals surface area (Å²) in [5.41, 5.74) is 5.41. The van der Waals surface area contributed by atoms with Crippen LogP contribution in [-0.4, -0.2) is 42.0 Å². The quantitative estimate of drug-likeness (QED) is 0.470. The van der Waals surface area contributed by atoms with E-state index < -0.39 is 30.4 Å². The predicted octanol–water partition coefficient (Wildman–Crippen LogP) is -0.935. The van der Waals surface area contributed by atoms with Gasteiger partial charge < -0.3 is 21.5 Å². The molecule has 0 aliphatic rings. The summed E-state index contributed by atoms with van der Waals surface area (Å²) in [6.45, 7) is 3.83. The highest BCUT2D eigenvalue weighted by molar-refractivity contribution is 5.91. The third-order valence-corrected chi connectivity index (χ3v) is 2.32. The molecule has 0 saturated carbocycles. The molecule has 7 heteroatoms. The van der Waals surface area contributed by atoms with Crippen molar-refractivity contribution >= 4 is 17.8 Å². The minimum atomic E-state index is -1.15. The maximum Gasteiger partial charge on any atom is 0.305 e. The summed E-state index contributed by atoms with van der Waals surface area (Å²) in [7, 11) is 1.47. The number of amides is 2. The fourth-order valence-electron chi connectivity index (χ4n) is 1.44. The Hall–Kier alpha value is -1.63. The lowest BCUT2D eigenvalue weighted by Gasteiger charge is -2.20. The van der Waals surface area contributed by atoms with Crippen LogP contribution in [0.4, 0.5) is 0 Å². The molecule has 0 bridgehead atoms. The molecule has 0 saturated heterocycles. The highest BCUT2D eigenvalue weighted by Gasteiger charge is 2.24. The maximum absolute atomic E-state index is 11.6. The van der Waals surface area contributed by atoms with Crippen LogP contribution in [0.15, 0.2) is 0 Å². The highest BCUT2D eigenvalue weighted by atomic mass is 16.4. The Kier molecular flexibility index (Phi) is 6.96. The van der Waals surface area contributed by atoms with Crippen molar-refractivity contribution in [3.8, 4) is 0 Å². The second-order valence-electron chi connectivity index (χ2n) is 4.51. The van der Waals surface area contributed by atoms with E-state index in [-0.39, 0.29) is 11.8 Å². The summed E-state index contributed by atoms with van der Waals surface area (Å²) in [6, 6.07) is -1.84. The lowest BCUT2D eigenvalue weighted by molar-refractivity contribution is -0.139. The average molecular weight is 259 g/mol. The normalized spacial score (nSPS) is 13.8. The Labute approximate surface area is 106 Å². The molecule has 104 valence electrons. The van der Waals surface area contributed by atoms with Crippen molar-refractivity contribution in [2.75, 3.05) is 7.05 Å². The summed E-state index contributed by atoms with van der Waals surface area (Å²) in [5, 5.41) is 13.4. The number of carbonyl (C=O) groups is 3. The molecule has 2 atom stereocenters. The van der Waals surface area contributed by atoms with E-state index in [9.17, 15) is 14.4 Å². The summed E-state index contributed by atoms with van der Waals surface area (Å²) in [6.07, 6.45) is -0.000813. The van der Waals surface area contributed by atoms with Crippen LogP contribution in [0.1, 0.15) is 26.7 Å². The predicted molar refractivity (Wildman–Crippen MR) is 65.7 cm³/mol. The van der Waals surface area contributed by atoms with E-state index in [1.807, 2.05) is 13.8 Å². The number of hydrogen-bond donors (Lipinski definition) is 4. The highest BCUT2D eigenvalue weighted by Crippen LogP contribution is 2.05. The molecular formula is C11H21N3O4. The third kappa shape index (κ3) is 6.19. The van der Waals surface area contributed by atoms with Crippen LogP contribution < -0.4 is 16.4 Å². The van der Waals surface area contributed by atoms with E-state index in [1.54, 1.807) is 0 Å². The second kappa shape index (κ2) is 7.65. The molecule has 2 unspecified atom stereocenters. The van der Waals surface area contributed by atoms with Crippen LogP contribution >= 0.6 is 0 Å². The van der Waals surface area contributed by atoms with E-state index in [4.69, 9.17) is 10.8 Å². The van der Waals surface area contributed by atoms with E-state index in [0.29, 0.717) is 6.42 Å². The van der Waals surface area contributed by atoms with Crippen molar-refractivity contribution in [1.29, 1.82) is 0 Å². The van der Waals surface area contributed by atoms with Crippen molar-refractivity contribution in [1.82, 2.24) is 10.6 Å². The molecule has 2 amide bonds. The van der Waals surface area contributed by atoms with Crippen LogP contribution in [0.25, 0.3) is 0 Å². The molecule has 0 radical (unpaired) electrons. The van der Waals surface area contributed by atoms with Gasteiger partial charge in [0.1, 0.15) is 6.04 Å². The van der Waals surface area contributed by atoms with E-state index in [0.717, 1.165) is 0 Å². The number of hydrogen-bond acceptors (Lipinski definition) is 4. The molecular weight excluding hydrogens is 238 g/mol. The van der Waals surface area contributed by atoms with E-state index in [2.05, 4.69) is 10.6 Å². The van der Waals surface area contributed by atoms with Crippen molar-refractivity contribution in [3.63, 3.8) is 0 Å². The number of carboxylic acid groups (broad SMARTS) is 1. The Balaban J connectivity index is 4.52. The van der Waals surface area contributed by atoms with Crippen molar-refractivity contribution in [3.05, 3.63) is 0 Å². The third-order valence-electron chi connectivity index (χ3n) is 2.32. The van der Waals surface area contributed by atoms with Crippen molar-refractivity contribution in [2.45, 2.75) is 38.8 Å². The topological polar surface area (TPSA) is 122 Å². The van der Waals surface area contributed by atoms with Gasteiger partial charge in [0.25, 0.3) is 0 Å². The SMILES string of the molecule is CNC(=O)C(CC(C)C)NC(=O)C(N)CC(=O)O. The first-order chi connectivity index (χ1) is 8.27.